The minimum atomic E-state index is -1.04. The fraction of sp³-hybridized carbons (Fsp3) is 0.400. The molecule has 0 saturated carbocycles. The number of aliphatic carboxylic acids is 1. The minimum Gasteiger partial charge on any atom is -0.478 e. The molecule has 0 spiro atoms. The van der Waals surface area contributed by atoms with E-state index in [0.717, 1.165) is 25.7 Å². The zero-order chi connectivity index (χ0) is 14.7. The normalized spacial score (nSPS) is 20.6. The van der Waals surface area contributed by atoms with Gasteiger partial charge in [0.05, 0.1) is 5.69 Å². The summed E-state index contributed by atoms with van der Waals surface area (Å²) < 4.78 is 14.1. The zero-order valence-electron chi connectivity index (χ0n) is 11.7. The highest BCUT2D eigenvalue weighted by Crippen LogP contribution is 2.23. The van der Waals surface area contributed by atoms with E-state index in [0.29, 0.717) is 17.3 Å². The average molecular weight is 278 g/mol. The Balaban J connectivity index is 2.15. The van der Waals surface area contributed by atoms with Crippen LogP contribution in [-0.2, 0) is 4.79 Å². The van der Waals surface area contributed by atoms with Crippen molar-refractivity contribution < 1.29 is 14.3 Å². The van der Waals surface area contributed by atoms with Crippen LogP contribution in [0, 0.1) is 5.82 Å². The Morgan fingerprint density at radius 1 is 1.45 bits per heavy atom. The third-order valence-electron chi connectivity index (χ3n) is 3.69. The molecule has 2 rings (SSSR count). The van der Waals surface area contributed by atoms with E-state index in [9.17, 15) is 9.18 Å². The van der Waals surface area contributed by atoms with Crippen LogP contribution in [0.2, 0.25) is 0 Å². The van der Waals surface area contributed by atoms with Crippen molar-refractivity contribution in [2.45, 2.75) is 13.0 Å². The second-order valence-electron chi connectivity index (χ2n) is 5.16. The van der Waals surface area contributed by atoms with Gasteiger partial charge in [-0.3, -0.25) is 0 Å². The van der Waals surface area contributed by atoms with Crippen molar-refractivity contribution in [3.05, 3.63) is 35.7 Å². The smallest absolute Gasteiger partial charge is 0.328 e. The highest BCUT2D eigenvalue weighted by atomic mass is 19.1. The molecule has 1 atom stereocenters. The van der Waals surface area contributed by atoms with Gasteiger partial charge >= 0.3 is 5.97 Å². The van der Waals surface area contributed by atoms with E-state index in [4.69, 9.17) is 5.11 Å². The first kappa shape index (κ1) is 14.5. The summed E-state index contributed by atoms with van der Waals surface area (Å²) in [6.07, 6.45) is 2.40. The van der Waals surface area contributed by atoms with Gasteiger partial charge in [-0.2, -0.15) is 0 Å². The van der Waals surface area contributed by atoms with E-state index < -0.39 is 5.97 Å². The molecule has 1 fully saturated rings. The third-order valence-corrected chi connectivity index (χ3v) is 3.69. The molecule has 1 aliphatic heterocycles. The number of benzene rings is 1. The van der Waals surface area contributed by atoms with Crippen LogP contribution in [0.25, 0.3) is 6.08 Å². The SMILES string of the molecule is CC1CN(c2ccc(C=CC(=O)O)cc2F)CCN1C. The molecule has 4 nitrogen and oxygen atoms in total. The van der Waals surface area contributed by atoms with Crippen molar-refractivity contribution in [2.24, 2.45) is 0 Å². The van der Waals surface area contributed by atoms with E-state index in [2.05, 4.69) is 18.9 Å². The third kappa shape index (κ3) is 3.36. The molecule has 0 aliphatic carbocycles. The summed E-state index contributed by atoms with van der Waals surface area (Å²) in [5.74, 6) is -1.35. The van der Waals surface area contributed by atoms with Crippen molar-refractivity contribution in [3.8, 4) is 0 Å². The molecule has 20 heavy (non-hydrogen) atoms. The first-order valence-corrected chi connectivity index (χ1v) is 6.63. The molecular formula is C15H19FN2O2. The second kappa shape index (κ2) is 6.05. The van der Waals surface area contributed by atoms with Crippen LogP contribution in [0.3, 0.4) is 0 Å². The highest BCUT2D eigenvalue weighted by molar-refractivity contribution is 5.85. The van der Waals surface area contributed by atoms with Crippen LogP contribution < -0.4 is 4.90 Å². The zero-order valence-corrected chi connectivity index (χ0v) is 11.7. The number of hydrogen-bond donors (Lipinski definition) is 1. The molecule has 1 saturated heterocycles. The monoisotopic (exact) mass is 278 g/mol. The molecule has 0 aromatic heterocycles. The fourth-order valence-corrected chi connectivity index (χ4v) is 2.32. The number of carboxylic acid groups (broad SMARTS) is 1. The van der Waals surface area contributed by atoms with Gasteiger partial charge in [0.1, 0.15) is 5.82 Å². The van der Waals surface area contributed by atoms with Crippen LogP contribution in [0.5, 0.6) is 0 Å². The van der Waals surface area contributed by atoms with Crippen LogP contribution in [0.15, 0.2) is 24.3 Å². The standard InChI is InChI=1S/C15H19FN2O2/c1-11-10-18(8-7-17(11)2)14-5-3-12(9-13(14)16)4-6-15(19)20/h3-6,9,11H,7-8,10H2,1-2H3,(H,19,20). The number of carbonyl (C=O) groups is 1. The minimum absolute atomic E-state index is 0.311. The Kier molecular flexibility index (Phi) is 4.39. The Hall–Kier alpha value is -1.88. The van der Waals surface area contributed by atoms with Gasteiger partial charge in [-0.1, -0.05) is 6.07 Å². The number of hydrogen-bond acceptors (Lipinski definition) is 3. The second-order valence-corrected chi connectivity index (χ2v) is 5.16. The highest BCUT2D eigenvalue weighted by Gasteiger charge is 2.22. The molecule has 1 aromatic carbocycles. The van der Waals surface area contributed by atoms with Gasteiger partial charge in [0.15, 0.2) is 0 Å². The largest absolute Gasteiger partial charge is 0.478 e. The summed E-state index contributed by atoms with van der Waals surface area (Å²) in [5.41, 5.74) is 1.13. The van der Waals surface area contributed by atoms with E-state index in [-0.39, 0.29) is 5.82 Å². The van der Waals surface area contributed by atoms with Gasteiger partial charge in [-0.15, -0.1) is 0 Å². The summed E-state index contributed by atoms with van der Waals surface area (Å²) in [5, 5.41) is 8.56. The molecule has 1 aliphatic rings. The molecule has 0 bridgehead atoms. The lowest BCUT2D eigenvalue weighted by Crippen LogP contribution is -2.50. The molecule has 0 radical (unpaired) electrons. The molecule has 1 unspecified atom stereocenters. The number of rotatable bonds is 3. The average Bonchev–Trinajstić information content (AvgIpc) is 2.40. The first-order valence-electron chi connectivity index (χ1n) is 6.63. The van der Waals surface area contributed by atoms with Gasteiger partial charge in [0.2, 0.25) is 0 Å². The number of likely N-dealkylation sites (N-methyl/N-ethyl adjacent to an activating group) is 1. The Morgan fingerprint density at radius 2 is 2.20 bits per heavy atom. The maximum atomic E-state index is 14.1. The molecule has 0 amide bonds. The summed E-state index contributed by atoms with van der Waals surface area (Å²) in [6, 6.07) is 5.21. The van der Waals surface area contributed by atoms with Crippen LogP contribution in [0.4, 0.5) is 10.1 Å². The van der Waals surface area contributed by atoms with Crippen molar-refractivity contribution in [2.75, 3.05) is 31.6 Å². The van der Waals surface area contributed by atoms with Crippen LogP contribution in [0.1, 0.15) is 12.5 Å². The van der Waals surface area contributed by atoms with E-state index >= 15 is 0 Å². The van der Waals surface area contributed by atoms with E-state index in [1.165, 1.54) is 12.1 Å². The molecule has 1 aromatic rings. The van der Waals surface area contributed by atoms with Crippen molar-refractivity contribution in [1.29, 1.82) is 0 Å². The summed E-state index contributed by atoms with van der Waals surface area (Å²) in [4.78, 5) is 14.7. The molecule has 1 N–H and O–H groups in total. The van der Waals surface area contributed by atoms with E-state index in [1.54, 1.807) is 12.1 Å². The summed E-state index contributed by atoms with van der Waals surface area (Å²) >= 11 is 0. The van der Waals surface area contributed by atoms with Crippen molar-refractivity contribution >= 4 is 17.7 Å². The Labute approximate surface area is 118 Å². The molecule has 5 heteroatoms. The molecular weight excluding hydrogens is 259 g/mol. The lowest BCUT2D eigenvalue weighted by atomic mass is 10.1. The maximum Gasteiger partial charge on any atom is 0.328 e. The number of nitrogens with zero attached hydrogens (tertiary/aromatic N) is 2. The van der Waals surface area contributed by atoms with Crippen LogP contribution in [-0.4, -0.2) is 48.7 Å². The number of halogens is 1. The van der Waals surface area contributed by atoms with E-state index in [1.807, 2.05) is 4.90 Å². The lowest BCUT2D eigenvalue weighted by molar-refractivity contribution is -0.131. The first-order chi connectivity index (χ1) is 9.47. The van der Waals surface area contributed by atoms with Gasteiger partial charge in [-0.25, -0.2) is 9.18 Å². The van der Waals surface area contributed by atoms with Gasteiger partial charge in [0.25, 0.3) is 0 Å². The topological polar surface area (TPSA) is 43.8 Å². The molecule has 108 valence electrons. The van der Waals surface area contributed by atoms with Crippen LogP contribution >= 0.6 is 0 Å². The lowest BCUT2D eigenvalue weighted by Gasteiger charge is -2.39. The Morgan fingerprint density at radius 3 is 2.80 bits per heavy atom. The predicted octanol–water partition coefficient (Wildman–Crippen LogP) is 2.06. The maximum absolute atomic E-state index is 14.1. The Bertz CT molecular complexity index is 531. The quantitative estimate of drug-likeness (QED) is 0.860. The predicted molar refractivity (Wildman–Crippen MR) is 77.4 cm³/mol. The van der Waals surface area contributed by atoms with Gasteiger partial charge in [-0.05, 0) is 37.7 Å². The van der Waals surface area contributed by atoms with Gasteiger partial charge in [0, 0.05) is 31.8 Å². The fourth-order valence-electron chi connectivity index (χ4n) is 2.32. The number of carboxylic acids is 1. The number of piperazine rings is 1. The summed E-state index contributed by atoms with van der Waals surface area (Å²) in [7, 11) is 2.07. The number of anilines is 1. The van der Waals surface area contributed by atoms with Crippen molar-refractivity contribution in [1.82, 2.24) is 4.90 Å². The summed E-state index contributed by atoms with van der Waals surface area (Å²) in [6.45, 7) is 4.61. The molecule has 1 heterocycles. The van der Waals surface area contributed by atoms with Gasteiger partial charge < -0.3 is 14.9 Å². The van der Waals surface area contributed by atoms with Crippen molar-refractivity contribution in [3.63, 3.8) is 0 Å².